The quantitative estimate of drug-likeness (QED) is 0.837. The summed E-state index contributed by atoms with van der Waals surface area (Å²) in [5.74, 6) is 0.949. The number of nitrogens with two attached hydrogens (primary N) is 1. The fraction of sp³-hybridized carbons (Fsp3) is 0.308. The Labute approximate surface area is 131 Å². The summed E-state index contributed by atoms with van der Waals surface area (Å²) in [5, 5.41) is 0. The Balaban J connectivity index is 2.30. The minimum absolute atomic E-state index is 0.139. The first kappa shape index (κ1) is 16.2. The zero-order chi connectivity index (χ0) is 15.6. The molecule has 1 atom stereocenters. The third-order valence-corrected chi connectivity index (χ3v) is 5.40. The van der Waals surface area contributed by atoms with Crippen LogP contribution < -0.4 is 10.5 Å². The zero-order valence-electron chi connectivity index (χ0n) is 11.6. The number of aryl methyl sites for hydroxylation is 1. The average Bonchev–Trinajstić information content (AvgIpc) is 2.85. The number of sulfonamides is 1. The molecule has 21 heavy (non-hydrogen) atoms. The summed E-state index contributed by atoms with van der Waals surface area (Å²) in [6.07, 6.45) is 1.55. The summed E-state index contributed by atoms with van der Waals surface area (Å²) in [5.41, 5.74) is 6.29. The van der Waals surface area contributed by atoms with Crippen molar-refractivity contribution in [2.45, 2.75) is 31.3 Å². The highest BCUT2D eigenvalue weighted by atomic mass is 79.9. The van der Waals surface area contributed by atoms with Crippen molar-refractivity contribution in [1.82, 2.24) is 9.71 Å². The molecule has 0 saturated heterocycles. The van der Waals surface area contributed by atoms with E-state index < -0.39 is 16.1 Å². The van der Waals surface area contributed by atoms with E-state index in [-0.39, 0.29) is 11.4 Å². The van der Waals surface area contributed by atoms with E-state index in [4.69, 9.17) is 10.2 Å². The molecule has 3 N–H and O–H groups in total. The van der Waals surface area contributed by atoms with E-state index in [2.05, 4.69) is 25.6 Å². The number of nitrogens with one attached hydrogen (secondary N) is 1. The topological polar surface area (TPSA) is 98.2 Å². The molecule has 0 aliphatic rings. The van der Waals surface area contributed by atoms with Crippen molar-refractivity contribution in [1.29, 1.82) is 0 Å². The number of hydrogen-bond donors (Lipinski definition) is 2. The summed E-state index contributed by atoms with van der Waals surface area (Å²) < 4.78 is 33.3. The van der Waals surface area contributed by atoms with Gasteiger partial charge in [0.15, 0.2) is 0 Å². The molecule has 0 bridgehead atoms. The minimum Gasteiger partial charge on any atom is -0.444 e. The summed E-state index contributed by atoms with van der Waals surface area (Å²) in [6, 6.07) is 4.40. The predicted octanol–water partition coefficient (Wildman–Crippen LogP) is 2.24. The third-order valence-electron chi connectivity index (χ3n) is 2.86. The molecule has 1 aromatic heterocycles. The Morgan fingerprint density at radius 1 is 1.48 bits per heavy atom. The van der Waals surface area contributed by atoms with Gasteiger partial charge >= 0.3 is 0 Å². The van der Waals surface area contributed by atoms with E-state index in [9.17, 15) is 8.42 Å². The first-order valence-corrected chi connectivity index (χ1v) is 8.54. The van der Waals surface area contributed by atoms with Crippen LogP contribution in [0, 0.1) is 6.92 Å². The third kappa shape index (κ3) is 3.70. The molecule has 8 heteroatoms. The second kappa shape index (κ2) is 6.27. The number of aromatic nitrogens is 1. The number of halogens is 1. The monoisotopic (exact) mass is 373 g/mol. The second-order valence-electron chi connectivity index (χ2n) is 4.62. The molecule has 0 amide bonds. The zero-order valence-corrected chi connectivity index (χ0v) is 14.0. The van der Waals surface area contributed by atoms with Gasteiger partial charge in [-0.2, -0.15) is 4.72 Å². The highest BCUT2D eigenvalue weighted by Gasteiger charge is 2.23. The molecule has 1 unspecified atom stereocenters. The van der Waals surface area contributed by atoms with Crippen LogP contribution in [0.5, 0.6) is 0 Å². The van der Waals surface area contributed by atoms with Crippen LogP contribution in [0.1, 0.15) is 30.2 Å². The van der Waals surface area contributed by atoms with Crippen molar-refractivity contribution in [3.05, 3.63) is 46.1 Å². The van der Waals surface area contributed by atoms with Gasteiger partial charge in [-0.3, -0.25) is 0 Å². The Hall–Kier alpha value is -1.22. The molecular weight excluding hydrogens is 358 g/mol. The summed E-state index contributed by atoms with van der Waals surface area (Å²) >= 11 is 3.25. The van der Waals surface area contributed by atoms with Crippen molar-refractivity contribution in [3.63, 3.8) is 0 Å². The molecule has 0 fully saturated rings. The number of benzene rings is 1. The van der Waals surface area contributed by atoms with Crippen molar-refractivity contribution in [3.8, 4) is 0 Å². The van der Waals surface area contributed by atoms with Gasteiger partial charge in [0.05, 0.1) is 17.1 Å². The molecule has 0 aliphatic carbocycles. The van der Waals surface area contributed by atoms with Crippen LogP contribution in [0.25, 0.3) is 0 Å². The Morgan fingerprint density at radius 3 is 2.76 bits per heavy atom. The van der Waals surface area contributed by atoms with Gasteiger partial charge in [-0.15, -0.1) is 0 Å². The number of nitrogens with zero attached hydrogens (tertiary/aromatic N) is 1. The van der Waals surface area contributed by atoms with Gasteiger partial charge < -0.3 is 10.2 Å². The van der Waals surface area contributed by atoms with Gasteiger partial charge in [0.25, 0.3) is 0 Å². The SMILES string of the molecule is Cc1cnc(C(C)NS(=O)(=O)c2cc(CN)ccc2Br)o1. The lowest BCUT2D eigenvalue weighted by Gasteiger charge is -2.13. The fourth-order valence-corrected chi connectivity index (χ4v) is 4.01. The molecule has 2 rings (SSSR count). The summed E-state index contributed by atoms with van der Waals surface area (Å²) in [6.45, 7) is 3.69. The first-order valence-electron chi connectivity index (χ1n) is 6.26. The van der Waals surface area contributed by atoms with Crippen LogP contribution in [0.2, 0.25) is 0 Å². The van der Waals surface area contributed by atoms with Crippen molar-refractivity contribution < 1.29 is 12.8 Å². The van der Waals surface area contributed by atoms with Crippen molar-refractivity contribution in [2.75, 3.05) is 0 Å². The Morgan fingerprint density at radius 2 is 2.19 bits per heavy atom. The second-order valence-corrected chi connectivity index (χ2v) is 7.16. The first-order chi connectivity index (χ1) is 9.83. The average molecular weight is 374 g/mol. The van der Waals surface area contributed by atoms with Gasteiger partial charge in [-0.25, -0.2) is 13.4 Å². The molecular formula is C13H16BrN3O3S. The Kier molecular flexibility index (Phi) is 4.82. The fourth-order valence-electron chi connectivity index (χ4n) is 1.80. The molecule has 0 saturated carbocycles. The predicted molar refractivity (Wildman–Crippen MR) is 82.0 cm³/mol. The molecule has 6 nitrogen and oxygen atoms in total. The van der Waals surface area contributed by atoms with Gasteiger partial charge in [0, 0.05) is 11.0 Å². The van der Waals surface area contributed by atoms with E-state index >= 15 is 0 Å². The largest absolute Gasteiger partial charge is 0.444 e. The summed E-state index contributed by atoms with van der Waals surface area (Å²) in [7, 11) is -3.71. The molecule has 0 radical (unpaired) electrons. The lowest BCUT2D eigenvalue weighted by molar-refractivity contribution is 0.427. The van der Waals surface area contributed by atoms with Crippen LogP contribution in [-0.4, -0.2) is 13.4 Å². The van der Waals surface area contributed by atoms with Crippen molar-refractivity contribution in [2.24, 2.45) is 5.73 Å². The van der Waals surface area contributed by atoms with E-state index in [1.807, 2.05) is 0 Å². The highest BCUT2D eigenvalue weighted by molar-refractivity contribution is 9.10. The maximum atomic E-state index is 12.5. The summed E-state index contributed by atoms with van der Waals surface area (Å²) in [4.78, 5) is 4.16. The van der Waals surface area contributed by atoms with Crippen LogP contribution in [0.3, 0.4) is 0 Å². The molecule has 0 spiro atoms. The highest BCUT2D eigenvalue weighted by Crippen LogP contribution is 2.25. The lowest BCUT2D eigenvalue weighted by Crippen LogP contribution is -2.27. The van der Waals surface area contributed by atoms with Gasteiger partial charge in [0.1, 0.15) is 5.76 Å². The molecule has 1 heterocycles. The maximum Gasteiger partial charge on any atom is 0.242 e. The van der Waals surface area contributed by atoms with Gasteiger partial charge in [-0.1, -0.05) is 6.07 Å². The van der Waals surface area contributed by atoms with E-state index in [0.717, 1.165) is 5.56 Å². The van der Waals surface area contributed by atoms with E-state index in [1.54, 1.807) is 38.2 Å². The normalized spacial score (nSPS) is 13.3. The smallest absolute Gasteiger partial charge is 0.242 e. The number of hydrogen-bond acceptors (Lipinski definition) is 5. The number of oxazole rings is 1. The minimum atomic E-state index is -3.71. The van der Waals surface area contributed by atoms with Crippen LogP contribution in [0.15, 0.2) is 38.2 Å². The van der Waals surface area contributed by atoms with Crippen LogP contribution >= 0.6 is 15.9 Å². The van der Waals surface area contributed by atoms with Crippen LogP contribution in [0.4, 0.5) is 0 Å². The lowest BCUT2D eigenvalue weighted by atomic mass is 10.2. The van der Waals surface area contributed by atoms with Gasteiger partial charge in [-0.05, 0) is 47.5 Å². The Bertz CT molecular complexity index is 743. The number of rotatable bonds is 5. The molecule has 114 valence electrons. The van der Waals surface area contributed by atoms with E-state index in [1.165, 1.54) is 0 Å². The van der Waals surface area contributed by atoms with E-state index in [0.29, 0.717) is 16.1 Å². The standard InChI is InChI=1S/C13H16BrN3O3S/c1-8-7-16-13(20-8)9(2)17-21(18,19)12-5-10(6-15)3-4-11(12)14/h3-5,7,9,17H,6,15H2,1-2H3. The maximum absolute atomic E-state index is 12.5. The molecule has 2 aromatic rings. The van der Waals surface area contributed by atoms with Gasteiger partial charge in [0.2, 0.25) is 15.9 Å². The molecule has 0 aliphatic heterocycles. The van der Waals surface area contributed by atoms with Crippen molar-refractivity contribution >= 4 is 26.0 Å². The molecule has 1 aromatic carbocycles. The van der Waals surface area contributed by atoms with Crippen LogP contribution in [-0.2, 0) is 16.6 Å².